The van der Waals surface area contributed by atoms with Crippen LogP contribution in [0.3, 0.4) is 0 Å². The number of unbranched alkanes of at least 4 members (excludes halogenated alkanes) is 2. The van der Waals surface area contributed by atoms with Gasteiger partial charge in [0.2, 0.25) is 0 Å². The average Bonchev–Trinajstić information content (AvgIpc) is 2.58. The van der Waals surface area contributed by atoms with Crippen molar-refractivity contribution in [1.82, 2.24) is 0 Å². The highest BCUT2D eigenvalue weighted by molar-refractivity contribution is 9.09. The number of hydrogen-bond acceptors (Lipinski definition) is 1. The molecule has 3 aromatic rings. The first-order chi connectivity index (χ1) is 10.8. The molecule has 0 heterocycles. The topological polar surface area (TPSA) is 17.1 Å². The maximum Gasteiger partial charge on any atom is 0.163 e. The molecule has 0 N–H and O–H groups in total. The summed E-state index contributed by atoms with van der Waals surface area (Å²) in [4.78, 5) is 12.7. The molecule has 0 aliphatic rings. The fourth-order valence-corrected chi connectivity index (χ4v) is 3.37. The second-order valence-corrected chi connectivity index (χ2v) is 6.41. The number of rotatable bonds is 6. The second-order valence-electron chi connectivity index (χ2n) is 5.61. The van der Waals surface area contributed by atoms with Gasteiger partial charge in [-0.05, 0) is 40.5 Å². The van der Waals surface area contributed by atoms with Crippen LogP contribution in [-0.2, 0) is 0 Å². The van der Waals surface area contributed by atoms with Crippen molar-refractivity contribution >= 4 is 43.3 Å². The van der Waals surface area contributed by atoms with E-state index in [4.69, 9.17) is 0 Å². The lowest BCUT2D eigenvalue weighted by molar-refractivity contribution is 0.0981. The first kappa shape index (κ1) is 15.2. The van der Waals surface area contributed by atoms with Crippen molar-refractivity contribution in [3.05, 3.63) is 60.2 Å². The molecule has 22 heavy (non-hydrogen) atoms. The molecule has 0 radical (unpaired) electrons. The van der Waals surface area contributed by atoms with E-state index in [0.717, 1.165) is 40.9 Å². The Morgan fingerprint density at radius 2 is 1.50 bits per heavy atom. The molecule has 0 saturated carbocycles. The molecule has 3 rings (SSSR count). The molecule has 1 nitrogen and oxygen atoms in total. The first-order valence-corrected chi connectivity index (χ1v) is 8.93. The number of carbonyl (C=O) groups excluding carboxylic acids is 1. The Balaban J connectivity index is 2.02. The summed E-state index contributed by atoms with van der Waals surface area (Å²) in [5.41, 5.74) is 0.869. The SMILES string of the molecule is O=C(CCCCCBr)c1cc2ccccc2c2ccccc12. The molecule has 2 heteroatoms. The summed E-state index contributed by atoms with van der Waals surface area (Å²) in [6.45, 7) is 0. The molecule has 112 valence electrons. The number of fused-ring (bicyclic) bond motifs is 3. The zero-order valence-corrected chi connectivity index (χ0v) is 14.1. The molecular formula is C20H19BrO. The molecule has 0 saturated heterocycles. The van der Waals surface area contributed by atoms with E-state index in [2.05, 4.69) is 52.3 Å². The smallest absolute Gasteiger partial charge is 0.163 e. The normalized spacial score (nSPS) is 11.1. The molecule has 0 atom stereocenters. The van der Waals surface area contributed by atoms with Gasteiger partial charge < -0.3 is 0 Å². The van der Waals surface area contributed by atoms with Crippen LogP contribution in [0.1, 0.15) is 36.0 Å². The number of benzene rings is 3. The molecule has 0 aliphatic heterocycles. The Morgan fingerprint density at radius 1 is 0.818 bits per heavy atom. The van der Waals surface area contributed by atoms with Crippen LogP contribution in [0.4, 0.5) is 0 Å². The van der Waals surface area contributed by atoms with Gasteiger partial charge >= 0.3 is 0 Å². The van der Waals surface area contributed by atoms with Gasteiger partial charge in [0.05, 0.1) is 0 Å². The van der Waals surface area contributed by atoms with Gasteiger partial charge in [-0.1, -0.05) is 70.9 Å². The summed E-state index contributed by atoms with van der Waals surface area (Å²) in [5.74, 6) is 0.261. The quantitative estimate of drug-likeness (QED) is 0.225. The van der Waals surface area contributed by atoms with E-state index in [1.807, 2.05) is 18.2 Å². The van der Waals surface area contributed by atoms with Crippen molar-refractivity contribution in [2.75, 3.05) is 5.33 Å². The van der Waals surface area contributed by atoms with Crippen molar-refractivity contribution in [3.63, 3.8) is 0 Å². The molecule has 0 aromatic heterocycles. The van der Waals surface area contributed by atoms with Crippen LogP contribution in [-0.4, -0.2) is 11.1 Å². The van der Waals surface area contributed by atoms with Gasteiger partial charge in [0.25, 0.3) is 0 Å². The van der Waals surface area contributed by atoms with Gasteiger partial charge in [0, 0.05) is 17.3 Å². The predicted octanol–water partition coefficient (Wildman–Crippen LogP) is 6.13. The summed E-state index contributed by atoms with van der Waals surface area (Å²) in [7, 11) is 0. The third-order valence-corrected chi connectivity index (χ3v) is 4.67. The average molecular weight is 355 g/mol. The van der Waals surface area contributed by atoms with Crippen LogP contribution >= 0.6 is 15.9 Å². The van der Waals surface area contributed by atoms with Crippen LogP contribution in [0.15, 0.2) is 54.6 Å². The Bertz CT molecular complexity index is 807. The molecule has 0 unspecified atom stereocenters. The monoisotopic (exact) mass is 354 g/mol. The number of ketones is 1. The summed E-state index contributed by atoms with van der Waals surface area (Å²) >= 11 is 3.44. The van der Waals surface area contributed by atoms with Crippen LogP contribution in [0.5, 0.6) is 0 Å². The zero-order valence-electron chi connectivity index (χ0n) is 12.5. The van der Waals surface area contributed by atoms with Crippen LogP contribution in [0.2, 0.25) is 0 Å². The standard InChI is InChI=1S/C20H19BrO/c21-13-7-1-2-12-20(22)19-14-15-8-3-4-9-16(15)17-10-5-6-11-18(17)19/h3-6,8-11,14H,1-2,7,12-13H2. The van der Waals surface area contributed by atoms with E-state index in [-0.39, 0.29) is 5.78 Å². The van der Waals surface area contributed by atoms with Crippen molar-refractivity contribution in [1.29, 1.82) is 0 Å². The Morgan fingerprint density at radius 3 is 2.27 bits per heavy atom. The van der Waals surface area contributed by atoms with E-state index >= 15 is 0 Å². The van der Waals surface area contributed by atoms with E-state index in [1.54, 1.807) is 0 Å². The third-order valence-electron chi connectivity index (χ3n) is 4.11. The van der Waals surface area contributed by atoms with Gasteiger partial charge in [0.1, 0.15) is 0 Å². The second kappa shape index (κ2) is 7.06. The van der Waals surface area contributed by atoms with Gasteiger partial charge in [-0.2, -0.15) is 0 Å². The van der Waals surface area contributed by atoms with Crippen molar-refractivity contribution < 1.29 is 4.79 Å². The van der Waals surface area contributed by atoms with Crippen molar-refractivity contribution in [3.8, 4) is 0 Å². The molecule has 0 spiro atoms. The third kappa shape index (κ3) is 3.07. The minimum Gasteiger partial charge on any atom is -0.294 e. The lowest BCUT2D eigenvalue weighted by atomic mass is 9.93. The molecule has 3 aromatic carbocycles. The number of halogens is 1. The van der Waals surface area contributed by atoms with E-state index in [0.29, 0.717) is 6.42 Å². The summed E-state index contributed by atoms with van der Waals surface area (Å²) in [6.07, 6.45) is 3.83. The van der Waals surface area contributed by atoms with Crippen molar-refractivity contribution in [2.45, 2.75) is 25.7 Å². The molecular weight excluding hydrogens is 336 g/mol. The lowest BCUT2D eigenvalue weighted by Crippen LogP contribution is -2.00. The van der Waals surface area contributed by atoms with E-state index in [1.165, 1.54) is 10.8 Å². The zero-order chi connectivity index (χ0) is 15.4. The van der Waals surface area contributed by atoms with E-state index in [9.17, 15) is 4.79 Å². The lowest BCUT2D eigenvalue weighted by Gasteiger charge is -2.10. The molecule has 0 fully saturated rings. The minimum atomic E-state index is 0.261. The fraction of sp³-hybridized carbons (Fsp3) is 0.250. The predicted molar refractivity (Wildman–Crippen MR) is 98.0 cm³/mol. The Labute approximate surface area is 139 Å². The molecule has 0 amide bonds. The summed E-state index contributed by atoms with van der Waals surface area (Å²) in [6, 6.07) is 18.6. The summed E-state index contributed by atoms with van der Waals surface area (Å²) < 4.78 is 0. The maximum atomic E-state index is 12.7. The number of hydrogen-bond donors (Lipinski definition) is 0. The van der Waals surface area contributed by atoms with Crippen LogP contribution < -0.4 is 0 Å². The largest absolute Gasteiger partial charge is 0.294 e. The number of carbonyl (C=O) groups is 1. The van der Waals surface area contributed by atoms with E-state index < -0.39 is 0 Å². The first-order valence-electron chi connectivity index (χ1n) is 7.81. The highest BCUT2D eigenvalue weighted by Crippen LogP contribution is 2.29. The van der Waals surface area contributed by atoms with Gasteiger partial charge in [-0.25, -0.2) is 0 Å². The summed E-state index contributed by atoms with van der Waals surface area (Å²) in [5, 5.41) is 5.62. The van der Waals surface area contributed by atoms with Gasteiger partial charge in [-0.15, -0.1) is 0 Å². The van der Waals surface area contributed by atoms with Crippen LogP contribution in [0, 0.1) is 0 Å². The minimum absolute atomic E-state index is 0.261. The highest BCUT2D eigenvalue weighted by Gasteiger charge is 2.12. The van der Waals surface area contributed by atoms with Crippen molar-refractivity contribution in [2.24, 2.45) is 0 Å². The Kier molecular flexibility index (Phi) is 4.89. The van der Waals surface area contributed by atoms with Gasteiger partial charge in [-0.3, -0.25) is 4.79 Å². The Hall–Kier alpha value is -1.67. The number of Topliss-reactive ketones (excluding diaryl/α,β-unsaturated/α-hetero) is 1. The highest BCUT2D eigenvalue weighted by atomic mass is 79.9. The van der Waals surface area contributed by atoms with Gasteiger partial charge in [0.15, 0.2) is 5.78 Å². The fourth-order valence-electron chi connectivity index (χ4n) is 2.98. The van der Waals surface area contributed by atoms with Crippen LogP contribution in [0.25, 0.3) is 21.5 Å². The molecule has 0 bridgehead atoms. The maximum absolute atomic E-state index is 12.7. The number of alkyl halides is 1. The molecule has 0 aliphatic carbocycles.